The number of piperidine rings is 1. The highest BCUT2D eigenvalue weighted by Gasteiger charge is 2.41. The van der Waals surface area contributed by atoms with Gasteiger partial charge in [0.1, 0.15) is 11.4 Å². The van der Waals surface area contributed by atoms with Crippen LogP contribution in [0.3, 0.4) is 0 Å². The van der Waals surface area contributed by atoms with Crippen molar-refractivity contribution in [2.75, 3.05) is 13.1 Å². The molecule has 0 bridgehead atoms. The van der Waals surface area contributed by atoms with Crippen LogP contribution < -0.4 is 10.1 Å². The minimum atomic E-state index is -0.408. The van der Waals surface area contributed by atoms with E-state index in [2.05, 4.69) is 21.2 Å². The monoisotopic (exact) mass is 297 g/mol. The van der Waals surface area contributed by atoms with Gasteiger partial charge in [0.25, 0.3) is 0 Å². The van der Waals surface area contributed by atoms with Crippen molar-refractivity contribution in [3.63, 3.8) is 0 Å². The molecule has 2 heterocycles. The Balaban J connectivity index is 1.94. The highest BCUT2D eigenvalue weighted by molar-refractivity contribution is 9.10. The number of benzene rings is 1. The standard InChI is InChI=1S/C13H16BrNO2/c14-9-1-2-12-10(7-9)11(16)8-13(17-12)3-5-15-6-4-13/h1-2,7,11,15-16H,3-6,8H2/t11-/m0/s1. The predicted octanol–water partition coefficient (Wildman–Crippen LogP) is 2.39. The molecule has 1 aromatic carbocycles. The summed E-state index contributed by atoms with van der Waals surface area (Å²) in [5, 5.41) is 13.6. The first kappa shape index (κ1) is 11.5. The van der Waals surface area contributed by atoms with Gasteiger partial charge in [-0.25, -0.2) is 0 Å². The van der Waals surface area contributed by atoms with E-state index in [1.807, 2.05) is 18.2 Å². The molecule has 3 rings (SSSR count). The van der Waals surface area contributed by atoms with Gasteiger partial charge in [0.05, 0.1) is 6.10 Å². The summed E-state index contributed by atoms with van der Waals surface area (Å²) in [5.74, 6) is 0.842. The van der Waals surface area contributed by atoms with Crippen molar-refractivity contribution < 1.29 is 9.84 Å². The number of rotatable bonds is 0. The third-order valence-electron chi connectivity index (χ3n) is 3.74. The maximum Gasteiger partial charge on any atom is 0.126 e. The lowest BCUT2D eigenvalue weighted by Gasteiger charge is -2.43. The Morgan fingerprint density at radius 1 is 1.35 bits per heavy atom. The lowest BCUT2D eigenvalue weighted by atomic mass is 9.82. The number of nitrogens with one attached hydrogen (secondary N) is 1. The normalized spacial score (nSPS) is 26.4. The van der Waals surface area contributed by atoms with E-state index < -0.39 is 6.10 Å². The highest BCUT2D eigenvalue weighted by Crippen LogP contribution is 2.44. The van der Waals surface area contributed by atoms with Gasteiger partial charge in [-0.3, -0.25) is 0 Å². The van der Waals surface area contributed by atoms with Crippen LogP contribution in [0.4, 0.5) is 0 Å². The third kappa shape index (κ3) is 2.09. The fraction of sp³-hybridized carbons (Fsp3) is 0.538. The topological polar surface area (TPSA) is 41.5 Å². The van der Waals surface area contributed by atoms with Gasteiger partial charge in [-0.05, 0) is 44.1 Å². The van der Waals surface area contributed by atoms with E-state index in [1.165, 1.54) is 0 Å². The Morgan fingerprint density at radius 3 is 2.88 bits per heavy atom. The second kappa shape index (κ2) is 4.26. The summed E-state index contributed by atoms with van der Waals surface area (Å²) in [6.07, 6.45) is 2.24. The average Bonchev–Trinajstić information content (AvgIpc) is 2.31. The van der Waals surface area contributed by atoms with E-state index >= 15 is 0 Å². The summed E-state index contributed by atoms with van der Waals surface area (Å²) in [6, 6.07) is 5.87. The van der Waals surface area contributed by atoms with E-state index in [1.54, 1.807) is 0 Å². The van der Waals surface area contributed by atoms with Crippen molar-refractivity contribution in [1.82, 2.24) is 5.32 Å². The first-order valence-corrected chi connectivity index (χ1v) is 6.85. The maximum atomic E-state index is 10.3. The first-order valence-electron chi connectivity index (χ1n) is 6.06. The molecule has 92 valence electrons. The van der Waals surface area contributed by atoms with E-state index in [0.29, 0.717) is 6.42 Å². The molecule has 3 nitrogen and oxygen atoms in total. The lowest BCUT2D eigenvalue weighted by Crippen LogP contribution is -2.49. The molecule has 0 amide bonds. The van der Waals surface area contributed by atoms with Crippen molar-refractivity contribution >= 4 is 15.9 Å². The van der Waals surface area contributed by atoms with Crippen LogP contribution in [0.25, 0.3) is 0 Å². The van der Waals surface area contributed by atoms with Crippen LogP contribution in [-0.4, -0.2) is 23.8 Å². The predicted molar refractivity (Wildman–Crippen MR) is 69.2 cm³/mol. The smallest absolute Gasteiger partial charge is 0.126 e. The molecule has 2 aliphatic heterocycles. The summed E-state index contributed by atoms with van der Waals surface area (Å²) in [5.41, 5.74) is 0.745. The Bertz CT molecular complexity index is 429. The van der Waals surface area contributed by atoms with Crippen LogP contribution in [0, 0.1) is 0 Å². The minimum Gasteiger partial charge on any atom is -0.487 e. The Hall–Kier alpha value is -0.580. The van der Waals surface area contributed by atoms with Gasteiger partial charge in [-0.2, -0.15) is 0 Å². The molecule has 4 heteroatoms. The molecule has 2 aliphatic rings. The molecule has 0 unspecified atom stereocenters. The fourth-order valence-electron chi connectivity index (χ4n) is 2.80. The van der Waals surface area contributed by atoms with Crippen LogP contribution in [0.15, 0.2) is 22.7 Å². The highest BCUT2D eigenvalue weighted by atomic mass is 79.9. The van der Waals surface area contributed by atoms with E-state index in [-0.39, 0.29) is 5.60 Å². The maximum absolute atomic E-state index is 10.3. The molecule has 1 saturated heterocycles. The van der Waals surface area contributed by atoms with Gasteiger partial charge >= 0.3 is 0 Å². The van der Waals surface area contributed by atoms with Crippen LogP contribution in [0.5, 0.6) is 5.75 Å². The van der Waals surface area contributed by atoms with Crippen molar-refractivity contribution in [2.45, 2.75) is 31.0 Å². The Kier molecular flexibility index (Phi) is 2.89. The molecular formula is C13H16BrNO2. The number of aliphatic hydroxyl groups is 1. The average molecular weight is 298 g/mol. The summed E-state index contributed by atoms with van der Waals surface area (Å²) in [6.45, 7) is 1.94. The van der Waals surface area contributed by atoms with Gasteiger partial charge in [0, 0.05) is 16.5 Å². The van der Waals surface area contributed by atoms with Gasteiger partial charge in [0.2, 0.25) is 0 Å². The number of hydrogen-bond acceptors (Lipinski definition) is 3. The largest absolute Gasteiger partial charge is 0.487 e. The van der Waals surface area contributed by atoms with Crippen molar-refractivity contribution in [2.24, 2.45) is 0 Å². The van der Waals surface area contributed by atoms with Gasteiger partial charge in [0.15, 0.2) is 0 Å². The molecule has 0 aromatic heterocycles. The SMILES string of the molecule is O[C@H]1CC2(CCNCC2)Oc2ccc(Br)cc21. The van der Waals surface area contributed by atoms with E-state index in [0.717, 1.165) is 41.7 Å². The van der Waals surface area contributed by atoms with Crippen LogP contribution in [0.2, 0.25) is 0 Å². The Morgan fingerprint density at radius 2 is 2.12 bits per heavy atom. The number of ether oxygens (including phenoxy) is 1. The van der Waals surface area contributed by atoms with E-state index in [9.17, 15) is 5.11 Å². The summed E-state index contributed by atoms with van der Waals surface area (Å²) >= 11 is 3.43. The molecule has 0 radical (unpaired) electrons. The van der Waals surface area contributed by atoms with Gasteiger partial charge < -0.3 is 15.2 Å². The fourth-order valence-corrected chi connectivity index (χ4v) is 3.18. The van der Waals surface area contributed by atoms with Crippen molar-refractivity contribution in [1.29, 1.82) is 0 Å². The number of fused-ring (bicyclic) bond motifs is 1. The molecule has 17 heavy (non-hydrogen) atoms. The number of halogens is 1. The summed E-state index contributed by atoms with van der Waals surface area (Å²) < 4.78 is 7.15. The molecular weight excluding hydrogens is 282 g/mol. The van der Waals surface area contributed by atoms with Gasteiger partial charge in [-0.1, -0.05) is 15.9 Å². The Labute approximate surface area is 109 Å². The molecule has 1 aromatic rings. The molecule has 0 saturated carbocycles. The quantitative estimate of drug-likeness (QED) is 0.773. The lowest BCUT2D eigenvalue weighted by molar-refractivity contribution is -0.0337. The zero-order valence-electron chi connectivity index (χ0n) is 9.58. The molecule has 1 fully saturated rings. The van der Waals surface area contributed by atoms with Gasteiger partial charge in [-0.15, -0.1) is 0 Å². The van der Waals surface area contributed by atoms with Crippen LogP contribution in [-0.2, 0) is 0 Å². The minimum absolute atomic E-state index is 0.161. The van der Waals surface area contributed by atoms with Crippen molar-refractivity contribution in [3.8, 4) is 5.75 Å². The first-order chi connectivity index (χ1) is 8.19. The zero-order valence-corrected chi connectivity index (χ0v) is 11.2. The summed E-state index contributed by atoms with van der Waals surface area (Å²) in [4.78, 5) is 0. The molecule has 1 atom stereocenters. The number of hydrogen-bond donors (Lipinski definition) is 2. The third-order valence-corrected chi connectivity index (χ3v) is 4.23. The zero-order chi connectivity index (χ0) is 11.9. The van der Waals surface area contributed by atoms with Crippen LogP contribution in [0.1, 0.15) is 30.9 Å². The van der Waals surface area contributed by atoms with E-state index in [4.69, 9.17) is 4.74 Å². The van der Waals surface area contributed by atoms with Crippen LogP contribution >= 0.6 is 15.9 Å². The van der Waals surface area contributed by atoms with Crippen molar-refractivity contribution in [3.05, 3.63) is 28.2 Å². The molecule has 1 spiro atoms. The number of aliphatic hydroxyl groups excluding tert-OH is 1. The molecule has 0 aliphatic carbocycles. The second-order valence-corrected chi connectivity index (χ2v) is 5.85. The molecule has 2 N–H and O–H groups in total. The second-order valence-electron chi connectivity index (χ2n) is 4.94. The summed E-state index contributed by atoms with van der Waals surface area (Å²) in [7, 11) is 0.